The molecule has 0 aliphatic carbocycles. The van der Waals surface area contributed by atoms with E-state index in [0.29, 0.717) is 0 Å². The number of fused-ring (bicyclic) bond motifs is 1. The standard InChI is InChI=1S/C26H27N3O/c1-19-16-20(8-10-24(19)29-14-12-28(2)13-15-29)17-22-9-11-25-26(27-22)23(18-30-25)21-6-4-3-5-7-21/h3-11,16,18H,12-15,17H2,1-2H3. The Kier molecular flexibility index (Phi) is 5.01. The molecule has 1 aliphatic rings. The van der Waals surface area contributed by atoms with Gasteiger partial charge in [-0.05, 0) is 48.9 Å². The van der Waals surface area contributed by atoms with Gasteiger partial charge >= 0.3 is 0 Å². The molecule has 5 rings (SSSR count). The SMILES string of the molecule is Cc1cc(Cc2ccc3occ(-c4ccccc4)c3n2)ccc1N1CCN(C)CC1. The normalized spacial score (nSPS) is 15.1. The lowest BCUT2D eigenvalue weighted by atomic mass is 10.0. The summed E-state index contributed by atoms with van der Waals surface area (Å²) in [5.41, 5.74) is 9.00. The van der Waals surface area contributed by atoms with Crippen LogP contribution < -0.4 is 4.90 Å². The highest BCUT2D eigenvalue weighted by Crippen LogP contribution is 2.30. The maximum absolute atomic E-state index is 5.75. The van der Waals surface area contributed by atoms with Crippen LogP contribution in [0.1, 0.15) is 16.8 Å². The van der Waals surface area contributed by atoms with Crippen molar-refractivity contribution < 1.29 is 4.42 Å². The minimum absolute atomic E-state index is 0.819. The minimum Gasteiger partial charge on any atom is -0.462 e. The first-order valence-electron chi connectivity index (χ1n) is 10.6. The highest BCUT2D eigenvalue weighted by molar-refractivity contribution is 5.90. The highest BCUT2D eigenvalue weighted by atomic mass is 16.3. The van der Waals surface area contributed by atoms with Crippen LogP contribution in [0.5, 0.6) is 0 Å². The van der Waals surface area contributed by atoms with Crippen molar-refractivity contribution in [1.82, 2.24) is 9.88 Å². The van der Waals surface area contributed by atoms with E-state index in [1.165, 1.54) is 16.8 Å². The molecule has 1 saturated heterocycles. The van der Waals surface area contributed by atoms with Crippen LogP contribution in [-0.4, -0.2) is 43.1 Å². The van der Waals surface area contributed by atoms with Gasteiger partial charge in [0.1, 0.15) is 11.8 Å². The predicted molar refractivity (Wildman–Crippen MR) is 123 cm³/mol. The number of piperazine rings is 1. The van der Waals surface area contributed by atoms with Gasteiger partial charge in [-0.3, -0.25) is 0 Å². The largest absolute Gasteiger partial charge is 0.462 e. The average molecular weight is 398 g/mol. The number of hydrogen-bond donors (Lipinski definition) is 0. The molecule has 2 aromatic carbocycles. The number of aryl methyl sites for hydroxylation is 1. The molecule has 2 aromatic heterocycles. The zero-order valence-electron chi connectivity index (χ0n) is 17.6. The Labute approximate surface area is 177 Å². The molecular weight excluding hydrogens is 370 g/mol. The minimum atomic E-state index is 0.819. The van der Waals surface area contributed by atoms with Crippen molar-refractivity contribution in [2.75, 3.05) is 38.1 Å². The van der Waals surface area contributed by atoms with Gasteiger partial charge < -0.3 is 14.2 Å². The summed E-state index contributed by atoms with van der Waals surface area (Å²) >= 11 is 0. The first-order valence-corrected chi connectivity index (χ1v) is 10.6. The molecule has 30 heavy (non-hydrogen) atoms. The molecule has 0 bridgehead atoms. The third kappa shape index (κ3) is 3.71. The zero-order valence-corrected chi connectivity index (χ0v) is 17.6. The Morgan fingerprint density at radius 3 is 2.50 bits per heavy atom. The van der Waals surface area contributed by atoms with Crippen LogP contribution in [0, 0.1) is 6.92 Å². The molecule has 4 nitrogen and oxygen atoms in total. The topological polar surface area (TPSA) is 32.5 Å². The molecule has 4 aromatic rings. The number of anilines is 1. The smallest absolute Gasteiger partial charge is 0.152 e. The predicted octanol–water partition coefficient (Wildman–Crippen LogP) is 5.15. The lowest BCUT2D eigenvalue weighted by molar-refractivity contribution is 0.312. The molecule has 1 aliphatic heterocycles. The van der Waals surface area contributed by atoms with Crippen LogP contribution in [0.4, 0.5) is 5.69 Å². The van der Waals surface area contributed by atoms with Crippen molar-refractivity contribution >= 4 is 16.8 Å². The molecule has 152 valence electrons. The summed E-state index contributed by atoms with van der Waals surface area (Å²) in [4.78, 5) is 9.84. The summed E-state index contributed by atoms with van der Waals surface area (Å²) in [6, 6.07) is 21.3. The first kappa shape index (κ1) is 18.9. The fraction of sp³-hybridized carbons (Fsp3) is 0.269. The quantitative estimate of drug-likeness (QED) is 0.477. The third-order valence-electron chi connectivity index (χ3n) is 6.05. The maximum atomic E-state index is 5.75. The summed E-state index contributed by atoms with van der Waals surface area (Å²) in [5, 5.41) is 0. The Morgan fingerprint density at radius 1 is 0.933 bits per heavy atom. The van der Waals surface area contributed by atoms with Crippen molar-refractivity contribution in [1.29, 1.82) is 0 Å². The fourth-order valence-corrected chi connectivity index (χ4v) is 4.31. The number of pyridine rings is 1. The van der Waals surface area contributed by atoms with Crippen molar-refractivity contribution in [3.63, 3.8) is 0 Å². The molecule has 0 amide bonds. The van der Waals surface area contributed by atoms with Crippen molar-refractivity contribution in [3.05, 3.63) is 83.7 Å². The number of likely N-dealkylation sites (N-methyl/N-ethyl adjacent to an activating group) is 1. The number of nitrogens with zero attached hydrogens (tertiary/aromatic N) is 3. The van der Waals surface area contributed by atoms with Crippen LogP contribution in [0.3, 0.4) is 0 Å². The van der Waals surface area contributed by atoms with Gasteiger partial charge in [0, 0.05) is 49.5 Å². The van der Waals surface area contributed by atoms with Crippen LogP contribution in [0.2, 0.25) is 0 Å². The van der Waals surface area contributed by atoms with Crippen LogP contribution in [0.25, 0.3) is 22.2 Å². The molecule has 0 N–H and O–H groups in total. The van der Waals surface area contributed by atoms with Gasteiger partial charge in [0.05, 0.1) is 0 Å². The van der Waals surface area contributed by atoms with E-state index in [2.05, 4.69) is 60.2 Å². The summed E-state index contributed by atoms with van der Waals surface area (Å²) in [6.45, 7) is 6.66. The van der Waals surface area contributed by atoms with Gasteiger partial charge in [-0.25, -0.2) is 4.98 Å². The van der Waals surface area contributed by atoms with E-state index in [4.69, 9.17) is 9.40 Å². The molecule has 0 radical (unpaired) electrons. The first-order chi connectivity index (χ1) is 14.7. The Morgan fingerprint density at radius 2 is 1.73 bits per heavy atom. The number of aromatic nitrogens is 1. The van der Waals surface area contributed by atoms with Crippen LogP contribution >= 0.6 is 0 Å². The molecule has 0 atom stereocenters. The molecule has 0 spiro atoms. The Bertz CT molecular complexity index is 1160. The van der Waals surface area contributed by atoms with E-state index in [0.717, 1.165) is 60.5 Å². The van der Waals surface area contributed by atoms with E-state index >= 15 is 0 Å². The van der Waals surface area contributed by atoms with Crippen molar-refractivity contribution in [3.8, 4) is 11.1 Å². The van der Waals surface area contributed by atoms with Crippen molar-refractivity contribution in [2.45, 2.75) is 13.3 Å². The number of benzene rings is 2. The molecule has 3 heterocycles. The monoisotopic (exact) mass is 397 g/mol. The van der Waals surface area contributed by atoms with Gasteiger partial charge in [-0.1, -0.05) is 42.5 Å². The maximum Gasteiger partial charge on any atom is 0.152 e. The summed E-state index contributed by atoms with van der Waals surface area (Å²) < 4.78 is 5.75. The Balaban J connectivity index is 1.40. The zero-order chi connectivity index (χ0) is 20.5. The second-order valence-electron chi connectivity index (χ2n) is 8.25. The van der Waals surface area contributed by atoms with E-state index in [9.17, 15) is 0 Å². The van der Waals surface area contributed by atoms with Crippen molar-refractivity contribution in [2.24, 2.45) is 0 Å². The molecule has 0 saturated carbocycles. The lowest BCUT2D eigenvalue weighted by Gasteiger charge is -2.35. The molecule has 0 unspecified atom stereocenters. The highest BCUT2D eigenvalue weighted by Gasteiger charge is 2.16. The summed E-state index contributed by atoms with van der Waals surface area (Å²) in [5.74, 6) is 0. The summed E-state index contributed by atoms with van der Waals surface area (Å²) in [6.07, 6.45) is 2.63. The number of rotatable bonds is 4. The summed E-state index contributed by atoms with van der Waals surface area (Å²) in [7, 11) is 2.19. The molecular formula is C26H27N3O. The van der Waals surface area contributed by atoms with E-state index in [1.807, 2.05) is 30.5 Å². The molecule has 4 heteroatoms. The van der Waals surface area contributed by atoms with Gasteiger partial charge in [-0.15, -0.1) is 0 Å². The van der Waals surface area contributed by atoms with Gasteiger partial charge in [0.2, 0.25) is 0 Å². The number of hydrogen-bond acceptors (Lipinski definition) is 4. The second-order valence-corrected chi connectivity index (χ2v) is 8.25. The van der Waals surface area contributed by atoms with Crippen LogP contribution in [-0.2, 0) is 6.42 Å². The average Bonchev–Trinajstić information content (AvgIpc) is 3.19. The second kappa shape index (κ2) is 7.96. The van der Waals surface area contributed by atoms with E-state index in [1.54, 1.807) is 0 Å². The van der Waals surface area contributed by atoms with Crippen LogP contribution in [0.15, 0.2) is 71.3 Å². The van der Waals surface area contributed by atoms with Gasteiger partial charge in [0.15, 0.2) is 5.58 Å². The van der Waals surface area contributed by atoms with E-state index < -0.39 is 0 Å². The fourth-order valence-electron chi connectivity index (χ4n) is 4.31. The Hall–Kier alpha value is -3.11. The molecule has 1 fully saturated rings. The van der Waals surface area contributed by atoms with Gasteiger partial charge in [0.25, 0.3) is 0 Å². The third-order valence-corrected chi connectivity index (χ3v) is 6.05. The van der Waals surface area contributed by atoms with Gasteiger partial charge in [-0.2, -0.15) is 0 Å². The lowest BCUT2D eigenvalue weighted by Crippen LogP contribution is -2.44. The number of furan rings is 1. The van der Waals surface area contributed by atoms with E-state index in [-0.39, 0.29) is 0 Å².